The molecule has 0 aromatic heterocycles. The third kappa shape index (κ3) is 3.60. The number of rotatable bonds is 4. The zero-order valence-electron chi connectivity index (χ0n) is 14.0. The Morgan fingerprint density at radius 2 is 1.54 bits per heavy atom. The van der Waals surface area contributed by atoms with Crippen LogP contribution in [0.15, 0.2) is 81.6 Å². The molecule has 2 atom stereocenters. The molecule has 0 N–H and O–H groups in total. The van der Waals surface area contributed by atoms with Crippen molar-refractivity contribution >= 4 is 21.6 Å². The summed E-state index contributed by atoms with van der Waals surface area (Å²) in [6.45, 7) is 4.05. The van der Waals surface area contributed by atoms with Crippen LogP contribution in [0.5, 0.6) is 0 Å². The summed E-state index contributed by atoms with van der Waals surface area (Å²) in [7, 11) is -3.33. The van der Waals surface area contributed by atoms with E-state index in [1.54, 1.807) is 36.0 Å². The monoisotopic (exact) mass is 358 g/mol. The molecule has 1 saturated carbocycles. The van der Waals surface area contributed by atoms with Crippen LogP contribution in [0.4, 0.5) is 0 Å². The molecule has 3 rings (SSSR count). The summed E-state index contributed by atoms with van der Waals surface area (Å²) in [6, 6.07) is 19.1. The van der Waals surface area contributed by atoms with E-state index in [0.29, 0.717) is 16.6 Å². The molecule has 2 aromatic rings. The topological polar surface area (TPSA) is 34.1 Å². The number of hydrogen-bond donors (Lipinski definition) is 0. The largest absolute Gasteiger partial charge is 0.223 e. The summed E-state index contributed by atoms with van der Waals surface area (Å²) in [4.78, 5) is 1.63. The van der Waals surface area contributed by atoms with Gasteiger partial charge in [-0.2, -0.15) is 0 Å². The van der Waals surface area contributed by atoms with Gasteiger partial charge in [-0.3, -0.25) is 0 Å². The number of hydrogen-bond acceptors (Lipinski definition) is 3. The number of benzene rings is 2. The molecule has 0 heterocycles. The summed E-state index contributed by atoms with van der Waals surface area (Å²) in [6.07, 6.45) is 1.52. The minimum absolute atomic E-state index is 0.306. The first-order valence-electron chi connectivity index (χ1n) is 8.15. The van der Waals surface area contributed by atoms with Crippen LogP contribution in [0.3, 0.4) is 0 Å². The SMILES string of the molecule is CC(C)=C1C[C@H](Sc2ccccc2)C[C@@H]1S(=O)(=O)c1ccccc1. The van der Waals surface area contributed by atoms with Crippen molar-refractivity contribution in [2.24, 2.45) is 0 Å². The number of thioether (sulfide) groups is 1. The molecule has 126 valence electrons. The van der Waals surface area contributed by atoms with Gasteiger partial charge in [0.2, 0.25) is 0 Å². The smallest absolute Gasteiger partial charge is 0.185 e. The van der Waals surface area contributed by atoms with Gasteiger partial charge in [0.25, 0.3) is 0 Å². The molecule has 0 bridgehead atoms. The Balaban J connectivity index is 1.89. The molecule has 0 amide bonds. The molecular weight excluding hydrogens is 336 g/mol. The maximum absolute atomic E-state index is 13.1. The van der Waals surface area contributed by atoms with Gasteiger partial charge in [0, 0.05) is 10.1 Å². The van der Waals surface area contributed by atoms with Gasteiger partial charge in [0.05, 0.1) is 10.1 Å². The van der Waals surface area contributed by atoms with Crippen molar-refractivity contribution in [3.05, 3.63) is 71.8 Å². The Kier molecular flexibility index (Phi) is 5.16. The number of allylic oxidation sites excluding steroid dienone is 1. The van der Waals surface area contributed by atoms with Crippen LogP contribution >= 0.6 is 11.8 Å². The molecule has 1 aliphatic carbocycles. The lowest BCUT2D eigenvalue weighted by Gasteiger charge is -2.15. The summed E-state index contributed by atoms with van der Waals surface area (Å²) in [5.41, 5.74) is 2.22. The third-order valence-corrected chi connectivity index (χ3v) is 7.84. The average Bonchev–Trinajstić information content (AvgIpc) is 3.01. The van der Waals surface area contributed by atoms with E-state index in [4.69, 9.17) is 0 Å². The zero-order valence-corrected chi connectivity index (χ0v) is 15.6. The van der Waals surface area contributed by atoms with Gasteiger partial charge in [0.1, 0.15) is 0 Å². The van der Waals surface area contributed by atoms with Crippen molar-refractivity contribution in [3.8, 4) is 0 Å². The molecular formula is C20H22O2S2. The second-order valence-electron chi connectivity index (χ2n) is 6.36. The fraction of sp³-hybridized carbons (Fsp3) is 0.300. The van der Waals surface area contributed by atoms with Gasteiger partial charge in [-0.1, -0.05) is 47.5 Å². The van der Waals surface area contributed by atoms with Crippen molar-refractivity contribution in [3.63, 3.8) is 0 Å². The lowest BCUT2D eigenvalue weighted by atomic mass is 10.1. The van der Waals surface area contributed by atoms with Gasteiger partial charge in [-0.25, -0.2) is 8.42 Å². The fourth-order valence-electron chi connectivity index (χ4n) is 3.24. The first-order chi connectivity index (χ1) is 11.5. The van der Waals surface area contributed by atoms with E-state index in [-0.39, 0.29) is 0 Å². The standard InChI is InChI=1S/C20H22O2S2/c1-15(2)19-13-17(23-16-9-5-3-6-10-16)14-20(19)24(21,22)18-11-7-4-8-12-18/h3-12,17,20H,13-14H2,1-2H3/t17-,20-/m0/s1. The highest BCUT2D eigenvalue weighted by molar-refractivity contribution is 8.00. The molecule has 0 unspecified atom stereocenters. The van der Waals surface area contributed by atoms with Crippen molar-refractivity contribution in [1.29, 1.82) is 0 Å². The van der Waals surface area contributed by atoms with Crippen LogP contribution in [0.1, 0.15) is 26.7 Å². The van der Waals surface area contributed by atoms with Crippen molar-refractivity contribution in [1.82, 2.24) is 0 Å². The summed E-state index contributed by atoms with van der Waals surface area (Å²) >= 11 is 1.79. The Morgan fingerprint density at radius 3 is 2.12 bits per heavy atom. The van der Waals surface area contributed by atoms with Gasteiger partial charge in [0.15, 0.2) is 9.84 Å². The van der Waals surface area contributed by atoms with Crippen LogP contribution in [0.25, 0.3) is 0 Å². The Hall–Kier alpha value is -1.52. The minimum Gasteiger partial charge on any atom is -0.223 e. The molecule has 4 heteroatoms. The van der Waals surface area contributed by atoms with E-state index in [0.717, 1.165) is 17.6 Å². The average molecular weight is 359 g/mol. The van der Waals surface area contributed by atoms with E-state index < -0.39 is 15.1 Å². The summed E-state index contributed by atoms with van der Waals surface area (Å²) in [5.74, 6) is 0. The maximum Gasteiger partial charge on any atom is 0.185 e. The molecule has 24 heavy (non-hydrogen) atoms. The highest BCUT2D eigenvalue weighted by Crippen LogP contribution is 2.43. The molecule has 0 spiro atoms. The molecule has 1 aliphatic rings. The predicted octanol–water partition coefficient (Wildman–Crippen LogP) is 5.12. The van der Waals surface area contributed by atoms with Gasteiger partial charge >= 0.3 is 0 Å². The molecule has 2 nitrogen and oxygen atoms in total. The summed E-state index contributed by atoms with van der Waals surface area (Å²) in [5, 5.41) is -0.0908. The van der Waals surface area contributed by atoms with E-state index in [1.165, 1.54) is 4.90 Å². The van der Waals surface area contributed by atoms with E-state index in [1.807, 2.05) is 38.1 Å². The van der Waals surface area contributed by atoms with Crippen LogP contribution in [0.2, 0.25) is 0 Å². The molecule has 1 fully saturated rings. The van der Waals surface area contributed by atoms with Crippen LogP contribution in [-0.4, -0.2) is 18.9 Å². The normalized spacial score (nSPS) is 21.0. The Bertz CT molecular complexity index is 820. The second kappa shape index (κ2) is 7.16. The van der Waals surface area contributed by atoms with E-state index >= 15 is 0 Å². The van der Waals surface area contributed by atoms with Gasteiger partial charge in [-0.15, -0.1) is 11.8 Å². The van der Waals surface area contributed by atoms with Crippen molar-refractivity contribution in [2.45, 2.75) is 47.0 Å². The van der Waals surface area contributed by atoms with E-state index in [2.05, 4.69) is 12.1 Å². The lowest BCUT2D eigenvalue weighted by Crippen LogP contribution is -2.21. The molecule has 0 saturated heterocycles. The van der Waals surface area contributed by atoms with Crippen molar-refractivity contribution in [2.75, 3.05) is 0 Å². The highest BCUT2D eigenvalue weighted by atomic mass is 32.2. The Morgan fingerprint density at radius 1 is 0.958 bits per heavy atom. The predicted molar refractivity (Wildman–Crippen MR) is 101 cm³/mol. The molecule has 2 aromatic carbocycles. The van der Waals surface area contributed by atoms with E-state index in [9.17, 15) is 8.42 Å². The number of sulfone groups is 1. The van der Waals surface area contributed by atoms with Crippen LogP contribution < -0.4 is 0 Å². The second-order valence-corrected chi connectivity index (χ2v) is 9.87. The Labute approximate surface area is 148 Å². The quantitative estimate of drug-likeness (QED) is 0.711. The van der Waals surface area contributed by atoms with Gasteiger partial charge in [-0.05, 0) is 51.0 Å². The first-order valence-corrected chi connectivity index (χ1v) is 10.6. The third-order valence-electron chi connectivity index (χ3n) is 4.45. The van der Waals surface area contributed by atoms with Gasteiger partial charge < -0.3 is 0 Å². The van der Waals surface area contributed by atoms with Crippen molar-refractivity contribution < 1.29 is 8.42 Å². The highest BCUT2D eigenvalue weighted by Gasteiger charge is 2.39. The maximum atomic E-state index is 13.1. The summed E-state index contributed by atoms with van der Waals surface area (Å²) < 4.78 is 26.2. The molecule has 0 aliphatic heterocycles. The first kappa shape index (κ1) is 17.3. The zero-order chi connectivity index (χ0) is 17.2. The minimum atomic E-state index is -3.33. The van der Waals surface area contributed by atoms with Crippen LogP contribution in [-0.2, 0) is 9.84 Å². The van der Waals surface area contributed by atoms with Crippen LogP contribution in [0, 0.1) is 0 Å². The lowest BCUT2D eigenvalue weighted by molar-refractivity contribution is 0.586. The molecule has 0 radical (unpaired) electrons. The fourth-order valence-corrected chi connectivity index (χ4v) is 6.67.